The van der Waals surface area contributed by atoms with Gasteiger partial charge in [-0.3, -0.25) is 19.3 Å². The Kier molecular flexibility index (Phi) is 6.91. The van der Waals surface area contributed by atoms with Crippen LogP contribution >= 0.6 is 0 Å². The number of carbonyl (C=O) groups is 3. The number of likely N-dealkylation sites (tertiary alicyclic amines) is 1. The number of benzene rings is 2. The molecule has 0 bridgehead atoms. The summed E-state index contributed by atoms with van der Waals surface area (Å²) >= 11 is 0. The summed E-state index contributed by atoms with van der Waals surface area (Å²) in [6, 6.07) is 12.2. The predicted molar refractivity (Wildman–Crippen MR) is 102 cm³/mol. The second kappa shape index (κ2) is 9.79. The van der Waals surface area contributed by atoms with Crippen LogP contribution in [0.1, 0.15) is 23.2 Å². The minimum Gasteiger partial charge on any atom is -0.457 e. The van der Waals surface area contributed by atoms with Gasteiger partial charge < -0.3 is 14.8 Å². The topological polar surface area (TPSA) is 84.9 Å². The molecule has 1 aliphatic rings. The first-order chi connectivity index (χ1) is 14.0. The van der Waals surface area contributed by atoms with Gasteiger partial charge in [0.25, 0.3) is 5.91 Å². The molecule has 1 N–H and O–H groups in total. The molecule has 0 atom stereocenters. The van der Waals surface area contributed by atoms with Crippen LogP contribution in [-0.4, -0.2) is 48.9 Å². The molecule has 0 aliphatic carbocycles. The van der Waals surface area contributed by atoms with Crippen molar-refractivity contribution in [2.45, 2.75) is 12.8 Å². The maximum absolute atomic E-state index is 13.0. The molecule has 1 saturated heterocycles. The summed E-state index contributed by atoms with van der Waals surface area (Å²) in [6.07, 6.45) is 0.525. The zero-order valence-corrected chi connectivity index (χ0v) is 15.7. The average molecular weight is 400 g/mol. The summed E-state index contributed by atoms with van der Waals surface area (Å²) < 4.78 is 23.9. The Labute approximate surface area is 167 Å². The SMILES string of the molecule is O=C(NCCOCCN1C(=O)CCC1=O)c1cccc(Oc2ccc(F)cc2)c1. The molecule has 3 amide bonds. The summed E-state index contributed by atoms with van der Waals surface area (Å²) in [5, 5.41) is 2.73. The Hall–Kier alpha value is -3.26. The minimum atomic E-state index is -0.355. The van der Waals surface area contributed by atoms with Crippen LogP contribution in [-0.2, 0) is 14.3 Å². The van der Waals surface area contributed by atoms with Gasteiger partial charge >= 0.3 is 0 Å². The van der Waals surface area contributed by atoms with Gasteiger partial charge in [0.2, 0.25) is 11.8 Å². The van der Waals surface area contributed by atoms with E-state index in [0.29, 0.717) is 17.1 Å². The van der Waals surface area contributed by atoms with E-state index < -0.39 is 0 Å². The fourth-order valence-electron chi connectivity index (χ4n) is 2.81. The molecule has 3 rings (SSSR count). The van der Waals surface area contributed by atoms with E-state index in [1.807, 2.05) is 0 Å². The Morgan fingerprint density at radius 3 is 2.45 bits per heavy atom. The van der Waals surface area contributed by atoms with E-state index in [1.54, 1.807) is 24.3 Å². The number of imide groups is 1. The second-order valence-electron chi connectivity index (χ2n) is 6.39. The lowest BCUT2D eigenvalue weighted by Crippen LogP contribution is -2.33. The Bertz CT molecular complexity index is 869. The predicted octanol–water partition coefficient (Wildman–Crippen LogP) is 2.51. The zero-order valence-electron chi connectivity index (χ0n) is 15.7. The van der Waals surface area contributed by atoms with Crippen molar-refractivity contribution >= 4 is 17.7 Å². The van der Waals surface area contributed by atoms with Crippen molar-refractivity contribution in [1.82, 2.24) is 10.2 Å². The van der Waals surface area contributed by atoms with Crippen molar-refractivity contribution < 1.29 is 28.2 Å². The highest BCUT2D eigenvalue weighted by Gasteiger charge is 2.28. The van der Waals surface area contributed by atoms with Crippen molar-refractivity contribution in [3.05, 3.63) is 59.9 Å². The van der Waals surface area contributed by atoms with Gasteiger partial charge in [0.05, 0.1) is 19.8 Å². The summed E-state index contributed by atoms with van der Waals surface area (Å²) in [5.74, 6) is -0.0635. The highest BCUT2D eigenvalue weighted by atomic mass is 19.1. The molecule has 2 aromatic rings. The van der Waals surface area contributed by atoms with E-state index in [1.165, 1.54) is 29.2 Å². The molecule has 0 saturated carbocycles. The lowest BCUT2D eigenvalue weighted by atomic mass is 10.2. The van der Waals surface area contributed by atoms with Gasteiger partial charge in [-0.2, -0.15) is 0 Å². The lowest BCUT2D eigenvalue weighted by Gasteiger charge is -2.13. The number of nitrogens with zero attached hydrogens (tertiary/aromatic N) is 1. The van der Waals surface area contributed by atoms with Gasteiger partial charge in [0, 0.05) is 24.9 Å². The third-order valence-electron chi connectivity index (χ3n) is 4.29. The van der Waals surface area contributed by atoms with Crippen LogP contribution in [0.25, 0.3) is 0 Å². The number of nitrogens with one attached hydrogen (secondary N) is 1. The van der Waals surface area contributed by atoms with Gasteiger partial charge in [0.15, 0.2) is 0 Å². The molecular formula is C21H21FN2O5. The van der Waals surface area contributed by atoms with Crippen LogP contribution < -0.4 is 10.1 Å². The van der Waals surface area contributed by atoms with E-state index in [2.05, 4.69) is 5.32 Å². The van der Waals surface area contributed by atoms with Crippen LogP contribution in [0.5, 0.6) is 11.5 Å². The average Bonchev–Trinajstić information content (AvgIpc) is 3.04. The normalized spacial score (nSPS) is 13.6. The summed E-state index contributed by atoms with van der Waals surface area (Å²) in [5.41, 5.74) is 0.415. The highest BCUT2D eigenvalue weighted by molar-refractivity contribution is 6.01. The molecule has 0 radical (unpaired) electrons. The van der Waals surface area contributed by atoms with Crippen molar-refractivity contribution in [2.24, 2.45) is 0 Å². The number of carbonyl (C=O) groups excluding carboxylic acids is 3. The van der Waals surface area contributed by atoms with Crippen LogP contribution in [0.3, 0.4) is 0 Å². The molecule has 7 nitrogen and oxygen atoms in total. The molecule has 0 spiro atoms. The highest BCUT2D eigenvalue weighted by Crippen LogP contribution is 2.22. The molecule has 1 aliphatic heterocycles. The maximum Gasteiger partial charge on any atom is 0.251 e. The molecule has 152 valence electrons. The minimum absolute atomic E-state index is 0.172. The quantitative estimate of drug-likeness (QED) is 0.516. The van der Waals surface area contributed by atoms with Crippen molar-refractivity contribution in [3.8, 4) is 11.5 Å². The first kappa shape index (κ1) is 20.5. The molecule has 0 unspecified atom stereocenters. The van der Waals surface area contributed by atoms with Crippen molar-refractivity contribution in [1.29, 1.82) is 0 Å². The number of ether oxygens (including phenoxy) is 2. The smallest absolute Gasteiger partial charge is 0.251 e. The Morgan fingerprint density at radius 1 is 1.00 bits per heavy atom. The number of hydrogen-bond donors (Lipinski definition) is 1. The number of halogens is 1. The van der Waals surface area contributed by atoms with Crippen molar-refractivity contribution in [2.75, 3.05) is 26.3 Å². The van der Waals surface area contributed by atoms with Gasteiger partial charge in [-0.1, -0.05) is 6.07 Å². The first-order valence-corrected chi connectivity index (χ1v) is 9.25. The van der Waals surface area contributed by atoms with Crippen LogP contribution in [0.2, 0.25) is 0 Å². The molecule has 29 heavy (non-hydrogen) atoms. The Balaban J connectivity index is 1.39. The van der Waals surface area contributed by atoms with Gasteiger partial charge in [0.1, 0.15) is 17.3 Å². The standard InChI is InChI=1S/C21H21FN2O5/c22-16-4-6-17(7-5-16)29-18-3-1-2-15(14-18)21(27)23-10-12-28-13-11-24-19(25)8-9-20(24)26/h1-7,14H,8-13H2,(H,23,27). The second-order valence-corrected chi connectivity index (χ2v) is 6.39. The van der Waals surface area contributed by atoms with E-state index in [-0.39, 0.29) is 62.7 Å². The van der Waals surface area contributed by atoms with E-state index >= 15 is 0 Å². The lowest BCUT2D eigenvalue weighted by molar-refractivity contribution is -0.139. The van der Waals surface area contributed by atoms with Crippen LogP contribution in [0, 0.1) is 5.82 Å². The molecule has 1 heterocycles. The number of hydrogen-bond acceptors (Lipinski definition) is 5. The fraction of sp³-hybridized carbons (Fsp3) is 0.286. The van der Waals surface area contributed by atoms with E-state index in [4.69, 9.17) is 9.47 Å². The summed E-state index contributed by atoms with van der Waals surface area (Å²) in [4.78, 5) is 36.4. The molecule has 0 aromatic heterocycles. The monoisotopic (exact) mass is 400 g/mol. The first-order valence-electron chi connectivity index (χ1n) is 9.25. The van der Waals surface area contributed by atoms with E-state index in [9.17, 15) is 18.8 Å². The fourth-order valence-corrected chi connectivity index (χ4v) is 2.81. The molecular weight excluding hydrogens is 379 g/mol. The van der Waals surface area contributed by atoms with Crippen LogP contribution in [0.4, 0.5) is 4.39 Å². The van der Waals surface area contributed by atoms with Crippen LogP contribution in [0.15, 0.2) is 48.5 Å². The molecule has 8 heteroatoms. The van der Waals surface area contributed by atoms with Crippen molar-refractivity contribution in [3.63, 3.8) is 0 Å². The number of rotatable bonds is 9. The van der Waals surface area contributed by atoms with E-state index in [0.717, 1.165) is 0 Å². The van der Waals surface area contributed by atoms with Gasteiger partial charge in [-0.05, 0) is 42.5 Å². The maximum atomic E-state index is 13.0. The Morgan fingerprint density at radius 2 is 1.72 bits per heavy atom. The summed E-state index contributed by atoms with van der Waals surface area (Å²) in [6.45, 7) is 1.00. The largest absolute Gasteiger partial charge is 0.457 e. The molecule has 1 fully saturated rings. The molecule has 2 aromatic carbocycles. The van der Waals surface area contributed by atoms with Gasteiger partial charge in [-0.25, -0.2) is 4.39 Å². The third kappa shape index (κ3) is 5.86. The third-order valence-corrected chi connectivity index (χ3v) is 4.29. The summed E-state index contributed by atoms with van der Waals surface area (Å²) in [7, 11) is 0. The van der Waals surface area contributed by atoms with Gasteiger partial charge in [-0.15, -0.1) is 0 Å². The number of amides is 3. The zero-order chi connectivity index (χ0) is 20.6.